The van der Waals surface area contributed by atoms with E-state index in [2.05, 4.69) is 0 Å². The van der Waals surface area contributed by atoms with Crippen molar-refractivity contribution in [2.45, 2.75) is 12.3 Å². The van der Waals surface area contributed by atoms with Crippen LogP contribution in [0.2, 0.25) is 0 Å². The number of thioether (sulfide) groups is 1. The molecule has 0 amide bonds. The van der Waals surface area contributed by atoms with Gasteiger partial charge in [-0.15, -0.1) is 0 Å². The second-order valence-corrected chi connectivity index (χ2v) is 11.1. The third-order valence-corrected chi connectivity index (χ3v) is 6.83. The van der Waals surface area contributed by atoms with Crippen molar-refractivity contribution in [2.75, 3.05) is 18.6 Å². The van der Waals surface area contributed by atoms with Gasteiger partial charge in [0, 0.05) is 46.7 Å². The van der Waals surface area contributed by atoms with Crippen LogP contribution in [0.4, 0.5) is 11.4 Å². The Morgan fingerprint density at radius 2 is 1.27 bits per heavy atom. The van der Waals surface area contributed by atoms with E-state index >= 15 is 0 Å². The average molecular weight is 587 g/mol. The molecule has 0 aliphatic carbocycles. The second-order valence-electron chi connectivity index (χ2n) is 7.23. The van der Waals surface area contributed by atoms with E-state index in [0.717, 1.165) is 29.8 Å². The molecule has 0 radical (unpaired) electrons. The Morgan fingerprint density at radius 3 is 1.70 bits per heavy atom. The van der Waals surface area contributed by atoms with Crippen molar-refractivity contribution in [3.8, 4) is 5.75 Å². The molecule has 0 N–H and O–H groups in total. The summed E-state index contributed by atoms with van der Waals surface area (Å²) in [6.07, 6.45) is 0. The largest absolute Gasteiger partial charge is 1.00 e. The van der Waals surface area contributed by atoms with E-state index in [1.165, 1.54) is 12.1 Å². The van der Waals surface area contributed by atoms with Gasteiger partial charge in [0.25, 0.3) is 0 Å². The third-order valence-electron chi connectivity index (χ3n) is 4.77. The van der Waals surface area contributed by atoms with Gasteiger partial charge in [0.15, 0.2) is 12.7 Å². The molecule has 4 rings (SSSR count). The molecule has 1 aliphatic rings. The van der Waals surface area contributed by atoms with Crippen molar-refractivity contribution in [3.63, 3.8) is 0 Å². The summed E-state index contributed by atoms with van der Waals surface area (Å²) >= 11 is 0.941. The third kappa shape index (κ3) is 9.82. The van der Waals surface area contributed by atoms with Crippen LogP contribution in [0.3, 0.4) is 0 Å². The Kier molecular flexibility index (Phi) is 15.7. The van der Waals surface area contributed by atoms with Gasteiger partial charge in [-0.2, -0.15) is 0 Å². The fraction of sp³-hybridized carbons (Fsp3) is 0.130. The van der Waals surface area contributed by atoms with Gasteiger partial charge in [0.1, 0.15) is 13.6 Å². The molecule has 1 unspecified atom stereocenters. The number of benzene rings is 3. The van der Waals surface area contributed by atoms with Crippen LogP contribution in [-0.2, 0) is 13.7 Å². The van der Waals surface area contributed by atoms with Crippen LogP contribution in [0.5, 0.6) is 5.75 Å². The summed E-state index contributed by atoms with van der Waals surface area (Å²) in [5.41, 5.74) is 3.50. The predicted octanol–water partition coefficient (Wildman–Crippen LogP) is -4.67. The van der Waals surface area contributed by atoms with Gasteiger partial charge < -0.3 is 33.2 Å². The Hall–Kier alpha value is 0.490. The van der Waals surface area contributed by atoms with Crippen molar-refractivity contribution in [1.29, 1.82) is 0 Å². The first-order valence-electron chi connectivity index (χ1n) is 9.66. The fourth-order valence-corrected chi connectivity index (χ4v) is 5.56. The van der Waals surface area contributed by atoms with Crippen LogP contribution in [0.15, 0.2) is 82.8 Å². The van der Waals surface area contributed by atoms with Gasteiger partial charge in [-0.05, 0) is 36.4 Å². The molecule has 3 aromatic carbocycles. The molecule has 0 saturated carbocycles. The summed E-state index contributed by atoms with van der Waals surface area (Å²) in [7, 11) is -7.47. The fourth-order valence-electron chi connectivity index (χ4n) is 3.53. The number of rotatable bonds is 6. The van der Waals surface area contributed by atoms with Crippen LogP contribution >= 0.6 is 27.2 Å². The first kappa shape index (κ1) is 37.5. The van der Waals surface area contributed by atoms with Crippen molar-refractivity contribution in [2.24, 2.45) is 0 Å². The van der Waals surface area contributed by atoms with Gasteiger partial charge in [-0.3, -0.25) is 4.57 Å². The minimum atomic E-state index is -5.40. The molecule has 37 heavy (non-hydrogen) atoms. The first-order valence-corrected chi connectivity index (χ1v) is 13.9. The molecule has 1 atom stereocenters. The maximum Gasteiger partial charge on any atom is 1.00 e. The molecule has 0 aromatic heterocycles. The summed E-state index contributed by atoms with van der Waals surface area (Å²) in [6, 6.07) is 20.7. The van der Waals surface area contributed by atoms with Crippen LogP contribution in [-0.4, -0.2) is 13.7 Å². The molecule has 180 valence electrons. The van der Waals surface area contributed by atoms with E-state index in [0.29, 0.717) is 21.6 Å². The van der Waals surface area contributed by atoms with Gasteiger partial charge in [-0.25, -0.2) is 0 Å². The minimum absolute atomic E-state index is 0. The molecule has 8 nitrogen and oxygen atoms in total. The van der Waals surface area contributed by atoms with E-state index < -0.39 is 15.4 Å². The summed E-state index contributed by atoms with van der Waals surface area (Å²) in [5, 5.41) is -0.102. The predicted molar refractivity (Wildman–Crippen MR) is 129 cm³/mol. The molecule has 3 aromatic rings. The van der Waals surface area contributed by atoms with Crippen molar-refractivity contribution >= 4 is 44.1 Å². The summed E-state index contributed by atoms with van der Waals surface area (Å²) < 4.78 is 32.9. The number of fused-ring (bicyclic) bond motifs is 2. The van der Waals surface area contributed by atoms with Crippen LogP contribution in [0, 0.1) is 0 Å². The summed E-state index contributed by atoms with van der Waals surface area (Å²) in [4.78, 5) is 37.2. The molecule has 0 bridgehead atoms. The molecule has 1 aliphatic heterocycles. The zero-order valence-electron chi connectivity index (χ0n) is 20.5. The number of hydrogen-bond donors (Lipinski definition) is 0. The Morgan fingerprint density at radius 1 is 0.811 bits per heavy atom. The molecule has 0 saturated heterocycles. The Labute approximate surface area is 287 Å². The molecule has 0 fully saturated rings. The zero-order chi connectivity index (χ0) is 23.8. The van der Waals surface area contributed by atoms with Crippen LogP contribution < -0.4 is 113 Å². The normalized spacial score (nSPS) is 13.1. The maximum absolute atomic E-state index is 11.7. The SMILES string of the molecule is C.CN1c2ccccc2C(=C(OP(=O)([O-])[O-])Sc2ccc(OP(C)(=O)[O-])cc2)c2ccccc21.[Na+].[Na+].[Na+]. The number of anilines is 2. The molecule has 14 heteroatoms. The number of nitrogens with zero attached hydrogens (tertiary/aromatic N) is 1. The van der Waals surface area contributed by atoms with Crippen LogP contribution in [0.25, 0.3) is 5.57 Å². The standard InChI is InChI=1S/C22H21NO7P2S.CH4.3Na/c1-23-19-9-5-3-7-17(19)21(18-8-4-6-10-20(18)23)22(30-32(26,27)28)33-16-13-11-15(12-14-16)29-31(2,24)25;;;;/h3-14H,1-2H3,(H,24,25)(H2,26,27,28);1H4;;;/q;;3*+1/p-3. The van der Waals surface area contributed by atoms with Crippen LogP contribution in [0.1, 0.15) is 18.6 Å². The molecule has 1 heterocycles. The average Bonchev–Trinajstić information content (AvgIpc) is 2.73. The smallest absolute Gasteiger partial charge is 0.780 e. The second kappa shape index (κ2) is 15.5. The number of para-hydroxylation sites is 2. The number of phosphoric acid groups is 1. The first-order chi connectivity index (χ1) is 15.5. The summed E-state index contributed by atoms with van der Waals surface area (Å²) in [6.45, 7) is 0.959. The van der Waals surface area contributed by atoms with Gasteiger partial charge in [0.05, 0.1) is 0 Å². The van der Waals surface area contributed by atoms with E-state index in [-0.39, 0.29) is 107 Å². The Bertz CT molecular complexity index is 1280. The van der Waals surface area contributed by atoms with Crippen molar-refractivity contribution in [3.05, 3.63) is 89.0 Å². The molecular weight excluding hydrogens is 565 g/mol. The van der Waals surface area contributed by atoms with E-state index in [1.807, 2.05) is 60.5 Å². The van der Waals surface area contributed by atoms with Crippen molar-refractivity contribution in [1.82, 2.24) is 0 Å². The van der Waals surface area contributed by atoms with E-state index in [4.69, 9.17) is 9.05 Å². The quantitative estimate of drug-likeness (QED) is 0.121. The van der Waals surface area contributed by atoms with Gasteiger partial charge in [0.2, 0.25) is 0 Å². The van der Waals surface area contributed by atoms with Gasteiger partial charge in [-0.1, -0.05) is 55.6 Å². The zero-order valence-corrected chi connectivity index (χ0v) is 29.1. The molecule has 0 spiro atoms. The summed E-state index contributed by atoms with van der Waals surface area (Å²) in [5.74, 6) is 0.114. The maximum atomic E-state index is 11.7. The van der Waals surface area contributed by atoms with E-state index in [9.17, 15) is 23.8 Å². The van der Waals surface area contributed by atoms with Crippen molar-refractivity contribution < 1.29 is 122 Å². The minimum Gasteiger partial charge on any atom is -0.780 e. The monoisotopic (exact) mass is 587 g/mol. The van der Waals surface area contributed by atoms with Gasteiger partial charge >= 0.3 is 88.7 Å². The Balaban J connectivity index is 0.00000324. The topological polar surface area (TPSA) is 125 Å². The number of phosphoric ester groups is 1. The van der Waals surface area contributed by atoms with E-state index in [1.54, 1.807) is 12.1 Å². The number of hydrogen-bond acceptors (Lipinski definition) is 9. The molecular formula is C23H22NNa3O7P2S.